The van der Waals surface area contributed by atoms with Crippen molar-refractivity contribution in [3.63, 3.8) is 0 Å². The molecule has 0 aliphatic carbocycles. The highest BCUT2D eigenvalue weighted by atomic mass is 16.3. The van der Waals surface area contributed by atoms with Crippen LogP contribution in [0.3, 0.4) is 0 Å². The number of hydrogen-bond acceptors (Lipinski definition) is 3. The van der Waals surface area contributed by atoms with Crippen molar-refractivity contribution in [2.24, 2.45) is 5.73 Å². The number of pyridine rings is 1. The van der Waals surface area contributed by atoms with Gasteiger partial charge in [-0.05, 0) is 24.1 Å². The largest absolute Gasteiger partial charge is 0.464 e. The third-order valence-corrected chi connectivity index (χ3v) is 3.10. The zero-order valence-electron chi connectivity index (χ0n) is 10.1. The van der Waals surface area contributed by atoms with Crippen molar-refractivity contribution >= 4 is 11.0 Å². The molecular formula is C15H14N2O. The molecule has 0 bridgehead atoms. The molecule has 2 aromatic heterocycles. The van der Waals surface area contributed by atoms with Crippen LogP contribution < -0.4 is 5.73 Å². The predicted octanol–water partition coefficient (Wildman–Crippen LogP) is 3.18. The van der Waals surface area contributed by atoms with Crippen LogP contribution in [-0.2, 0) is 0 Å². The normalized spacial score (nSPS) is 12.8. The molecule has 3 aromatic rings. The number of nitrogens with two attached hydrogens (primary N) is 1. The van der Waals surface area contributed by atoms with Crippen LogP contribution in [0.15, 0.2) is 53.4 Å². The van der Waals surface area contributed by atoms with Gasteiger partial charge in [-0.1, -0.05) is 24.3 Å². The maximum absolute atomic E-state index is 6.30. The van der Waals surface area contributed by atoms with Crippen LogP contribution in [0.2, 0.25) is 0 Å². The molecule has 2 N–H and O–H groups in total. The molecule has 0 fully saturated rings. The number of furan rings is 1. The Kier molecular flexibility index (Phi) is 2.61. The summed E-state index contributed by atoms with van der Waals surface area (Å²) in [4.78, 5) is 4.18. The number of para-hydroxylation sites is 1. The molecule has 1 atom stereocenters. The van der Waals surface area contributed by atoms with E-state index >= 15 is 0 Å². The van der Waals surface area contributed by atoms with Gasteiger partial charge in [0.1, 0.15) is 5.58 Å². The Balaban J connectivity index is 2.09. The Morgan fingerprint density at radius 2 is 2.06 bits per heavy atom. The SMILES string of the molecule is Cc1cncc(C(N)c2coc3ccccc23)c1. The molecule has 1 aromatic carbocycles. The lowest BCUT2D eigenvalue weighted by atomic mass is 10.00. The van der Waals surface area contributed by atoms with Gasteiger partial charge in [0.2, 0.25) is 0 Å². The third kappa shape index (κ3) is 1.79. The number of nitrogens with zero attached hydrogens (tertiary/aromatic N) is 1. The van der Waals surface area contributed by atoms with Crippen LogP contribution in [0.1, 0.15) is 22.7 Å². The average molecular weight is 238 g/mol. The van der Waals surface area contributed by atoms with Gasteiger partial charge in [0.25, 0.3) is 0 Å². The standard InChI is InChI=1S/C15H14N2O/c1-10-6-11(8-17-7-10)15(16)13-9-18-14-5-3-2-4-12(13)14/h2-9,15H,16H2,1H3. The minimum Gasteiger partial charge on any atom is -0.464 e. The summed E-state index contributed by atoms with van der Waals surface area (Å²) in [5.74, 6) is 0. The molecule has 0 spiro atoms. The molecule has 3 nitrogen and oxygen atoms in total. The van der Waals surface area contributed by atoms with Crippen LogP contribution >= 0.6 is 0 Å². The molecule has 0 aliphatic heterocycles. The summed E-state index contributed by atoms with van der Waals surface area (Å²) in [5, 5.41) is 1.06. The van der Waals surface area contributed by atoms with Crippen LogP contribution in [0.5, 0.6) is 0 Å². The van der Waals surface area contributed by atoms with Gasteiger partial charge < -0.3 is 10.2 Å². The second-order valence-electron chi connectivity index (χ2n) is 4.46. The summed E-state index contributed by atoms with van der Waals surface area (Å²) in [6.45, 7) is 2.01. The van der Waals surface area contributed by atoms with Gasteiger partial charge >= 0.3 is 0 Å². The Bertz CT molecular complexity index is 688. The molecule has 0 amide bonds. The first-order chi connectivity index (χ1) is 8.75. The summed E-state index contributed by atoms with van der Waals surface area (Å²) in [5.41, 5.74) is 10.3. The first-order valence-electron chi connectivity index (χ1n) is 5.89. The van der Waals surface area contributed by atoms with E-state index in [9.17, 15) is 0 Å². The third-order valence-electron chi connectivity index (χ3n) is 3.10. The fourth-order valence-electron chi connectivity index (χ4n) is 2.17. The molecule has 3 rings (SSSR count). The average Bonchev–Trinajstić information content (AvgIpc) is 2.82. The first kappa shape index (κ1) is 11.0. The second-order valence-corrected chi connectivity index (χ2v) is 4.46. The van der Waals surface area contributed by atoms with E-state index in [0.717, 1.165) is 27.7 Å². The number of benzene rings is 1. The van der Waals surface area contributed by atoms with Crippen molar-refractivity contribution < 1.29 is 4.42 Å². The number of aromatic nitrogens is 1. The maximum atomic E-state index is 6.30. The monoisotopic (exact) mass is 238 g/mol. The molecule has 2 heterocycles. The molecule has 0 aliphatic rings. The Hall–Kier alpha value is -2.13. The minimum absolute atomic E-state index is 0.207. The van der Waals surface area contributed by atoms with Crippen molar-refractivity contribution in [1.82, 2.24) is 4.98 Å². The van der Waals surface area contributed by atoms with Gasteiger partial charge in [-0.25, -0.2) is 0 Å². The van der Waals surface area contributed by atoms with Crippen LogP contribution in [0, 0.1) is 6.92 Å². The smallest absolute Gasteiger partial charge is 0.134 e. The minimum atomic E-state index is -0.207. The van der Waals surface area contributed by atoms with Crippen LogP contribution in [-0.4, -0.2) is 4.98 Å². The van der Waals surface area contributed by atoms with E-state index in [1.807, 2.05) is 37.4 Å². The van der Waals surface area contributed by atoms with Crippen LogP contribution in [0.25, 0.3) is 11.0 Å². The zero-order valence-corrected chi connectivity index (χ0v) is 10.1. The lowest BCUT2D eigenvalue weighted by Gasteiger charge is -2.10. The molecule has 0 radical (unpaired) electrons. The van der Waals surface area contributed by atoms with Gasteiger partial charge in [-0.3, -0.25) is 4.98 Å². The highest BCUT2D eigenvalue weighted by molar-refractivity contribution is 5.81. The topological polar surface area (TPSA) is 52.0 Å². The van der Waals surface area contributed by atoms with E-state index in [1.165, 1.54) is 0 Å². The Labute approximate surface area is 105 Å². The van der Waals surface area contributed by atoms with E-state index in [1.54, 1.807) is 12.5 Å². The summed E-state index contributed by atoms with van der Waals surface area (Å²) < 4.78 is 5.52. The summed E-state index contributed by atoms with van der Waals surface area (Å²) in [7, 11) is 0. The number of fused-ring (bicyclic) bond motifs is 1. The van der Waals surface area contributed by atoms with Crippen molar-refractivity contribution in [3.05, 3.63) is 65.7 Å². The van der Waals surface area contributed by atoms with E-state index in [0.29, 0.717) is 0 Å². The highest BCUT2D eigenvalue weighted by Gasteiger charge is 2.15. The van der Waals surface area contributed by atoms with E-state index < -0.39 is 0 Å². The fraction of sp³-hybridized carbons (Fsp3) is 0.133. The lowest BCUT2D eigenvalue weighted by molar-refractivity contribution is 0.607. The molecule has 0 saturated carbocycles. The van der Waals surface area contributed by atoms with Gasteiger partial charge in [0, 0.05) is 23.3 Å². The van der Waals surface area contributed by atoms with E-state index in [4.69, 9.17) is 10.2 Å². The summed E-state index contributed by atoms with van der Waals surface area (Å²) >= 11 is 0. The van der Waals surface area contributed by atoms with Gasteiger partial charge in [-0.2, -0.15) is 0 Å². The van der Waals surface area contributed by atoms with Crippen molar-refractivity contribution in [2.45, 2.75) is 13.0 Å². The molecular weight excluding hydrogens is 224 g/mol. The number of hydrogen-bond donors (Lipinski definition) is 1. The lowest BCUT2D eigenvalue weighted by Crippen LogP contribution is -2.11. The van der Waals surface area contributed by atoms with E-state index in [2.05, 4.69) is 11.1 Å². The van der Waals surface area contributed by atoms with Gasteiger partial charge in [-0.15, -0.1) is 0 Å². The molecule has 1 unspecified atom stereocenters. The van der Waals surface area contributed by atoms with Crippen molar-refractivity contribution in [2.75, 3.05) is 0 Å². The fourth-order valence-corrected chi connectivity index (χ4v) is 2.17. The molecule has 90 valence electrons. The zero-order chi connectivity index (χ0) is 12.5. The molecule has 3 heteroatoms. The van der Waals surface area contributed by atoms with Gasteiger partial charge in [0.15, 0.2) is 0 Å². The predicted molar refractivity (Wildman–Crippen MR) is 71.2 cm³/mol. The maximum Gasteiger partial charge on any atom is 0.134 e. The van der Waals surface area contributed by atoms with Crippen LogP contribution in [0.4, 0.5) is 0 Å². The van der Waals surface area contributed by atoms with E-state index in [-0.39, 0.29) is 6.04 Å². The summed E-state index contributed by atoms with van der Waals surface area (Å²) in [6.07, 6.45) is 5.36. The Morgan fingerprint density at radius 3 is 2.89 bits per heavy atom. The van der Waals surface area contributed by atoms with Crippen molar-refractivity contribution in [3.8, 4) is 0 Å². The first-order valence-corrected chi connectivity index (χ1v) is 5.89. The quantitative estimate of drug-likeness (QED) is 0.746. The second kappa shape index (κ2) is 4.27. The summed E-state index contributed by atoms with van der Waals surface area (Å²) in [6, 6.07) is 9.76. The molecule has 18 heavy (non-hydrogen) atoms. The molecule has 0 saturated heterocycles. The Morgan fingerprint density at radius 1 is 1.22 bits per heavy atom. The van der Waals surface area contributed by atoms with Gasteiger partial charge in [0.05, 0.1) is 12.3 Å². The highest BCUT2D eigenvalue weighted by Crippen LogP contribution is 2.28. The number of aryl methyl sites for hydroxylation is 1. The number of rotatable bonds is 2. The van der Waals surface area contributed by atoms with Crippen molar-refractivity contribution in [1.29, 1.82) is 0 Å².